The van der Waals surface area contributed by atoms with Crippen LogP contribution in [0.3, 0.4) is 0 Å². The summed E-state index contributed by atoms with van der Waals surface area (Å²) in [6, 6.07) is 17.9. The maximum Gasteiger partial charge on any atom is 0.274 e. The molecule has 29 heavy (non-hydrogen) atoms. The predicted molar refractivity (Wildman–Crippen MR) is 114 cm³/mol. The van der Waals surface area contributed by atoms with E-state index < -0.39 is 0 Å². The molecule has 3 aromatic rings. The molecule has 0 radical (unpaired) electrons. The maximum atomic E-state index is 13.7. The molecule has 1 aliphatic rings. The Balaban J connectivity index is 1.33. The first-order valence-corrected chi connectivity index (χ1v) is 9.79. The summed E-state index contributed by atoms with van der Waals surface area (Å²) in [5, 5.41) is 5.98. The van der Waals surface area contributed by atoms with Gasteiger partial charge in [0.1, 0.15) is 11.5 Å². The van der Waals surface area contributed by atoms with Crippen LogP contribution >= 0.6 is 0 Å². The zero-order valence-corrected chi connectivity index (χ0v) is 16.1. The monoisotopic (exact) mass is 390 g/mol. The van der Waals surface area contributed by atoms with E-state index in [4.69, 9.17) is 0 Å². The zero-order valence-electron chi connectivity index (χ0n) is 16.1. The molecule has 4 rings (SSSR count). The van der Waals surface area contributed by atoms with Gasteiger partial charge in [0.15, 0.2) is 0 Å². The fourth-order valence-electron chi connectivity index (χ4n) is 3.40. The van der Waals surface area contributed by atoms with Crippen LogP contribution in [-0.4, -0.2) is 24.0 Å². The summed E-state index contributed by atoms with van der Waals surface area (Å²) < 4.78 is 13.7. The number of pyridine rings is 1. The Bertz CT molecular complexity index is 967. The van der Waals surface area contributed by atoms with Gasteiger partial charge in [0, 0.05) is 36.6 Å². The van der Waals surface area contributed by atoms with Gasteiger partial charge in [-0.3, -0.25) is 4.79 Å². The number of hydrogen-bond acceptors (Lipinski definition) is 4. The summed E-state index contributed by atoms with van der Waals surface area (Å²) in [6.45, 7) is 2.53. The van der Waals surface area contributed by atoms with Crippen molar-refractivity contribution in [3.63, 3.8) is 0 Å². The average Bonchev–Trinajstić information content (AvgIpc) is 3.29. The molecule has 0 unspecified atom stereocenters. The number of aromatic nitrogens is 1. The first-order valence-electron chi connectivity index (χ1n) is 9.79. The number of rotatable bonds is 6. The molecule has 0 bridgehead atoms. The van der Waals surface area contributed by atoms with Crippen LogP contribution < -0.4 is 15.5 Å². The standard InChI is InChI=1S/C23H23FN4O/c24-21-6-2-1-5-17(21)15-25-19-9-12-22(26-16-19)23(29)27-18-7-10-20(11-8-18)28-13-3-4-14-28/h1-2,5-12,16,25H,3-4,13-15H2,(H,27,29). The molecule has 0 atom stereocenters. The first kappa shape index (κ1) is 18.9. The molecular weight excluding hydrogens is 367 g/mol. The number of anilines is 3. The first-order chi connectivity index (χ1) is 14.2. The van der Waals surface area contributed by atoms with Crippen molar-refractivity contribution in [3.05, 3.63) is 83.9 Å². The fraction of sp³-hybridized carbons (Fsp3) is 0.217. The number of amides is 1. The minimum atomic E-state index is -0.264. The third-order valence-corrected chi connectivity index (χ3v) is 5.03. The van der Waals surface area contributed by atoms with E-state index in [1.54, 1.807) is 36.5 Å². The minimum Gasteiger partial charge on any atom is -0.380 e. The Morgan fingerprint density at radius 3 is 2.38 bits per heavy atom. The number of carbonyl (C=O) groups excluding carboxylic acids is 1. The molecule has 6 heteroatoms. The molecule has 1 fully saturated rings. The van der Waals surface area contributed by atoms with Crippen LogP contribution in [0.25, 0.3) is 0 Å². The summed E-state index contributed by atoms with van der Waals surface area (Å²) in [4.78, 5) is 19.0. The second-order valence-corrected chi connectivity index (χ2v) is 7.07. The third-order valence-electron chi connectivity index (χ3n) is 5.03. The Morgan fingerprint density at radius 2 is 1.69 bits per heavy atom. The number of carbonyl (C=O) groups is 1. The van der Waals surface area contributed by atoms with Crippen LogP contribution in [0.15, 0.2) is 66.9 Å². The van der Waals surface area contributed by atoms with E-state index in [9.17, 15) is 9.18 Å². The van der Waals surface area contributed by atoms with Crippen molar-refractivity contribution < 1.29 is 9.18 Å². The van der Waals surface area contributed by atoms with Crippen molar-refractivity contribution in [1.29, 1.82) is 0 Å². The van der Waals surface area contributed by atoms with E-state index in [0.717, 1.165) is 24.5 Å². The predicted octanol–water partition coefficient (Wildman–Crippen LogP) is 4.69. The quantitative estimate of drug-likeness (QED) is 0.641. The number of hydrogen-bond donors (Lipinski definition) is 2. The van der Waals surface area contributed by atoms with Gasteiger partial charge in [-0.1, -0.05) is 18.2 Å². The van der Waals surface area contributed by atoms with Crippen LogP contribution in [0.4, 0.5) is 21.5 Å². The van der Waals surface area contributed by atoms with E-state index in [0.29, 0.717) is 17.8 Å². The summed E-state index contributed by atoms with van der Waals surface area (Å²) in [5.41, 5.74) is 3.54. The normalized spacial score (nSPS) is 13.3. The highest BCUT2D eigenvalue weighted by atomic mass is 19.1. The molecule has 0 aliphatic carbocycles. The topological polar surface area (TPSA) is 57.3 Å². The highest BCUT2D eigenvalue weighted by molar-refractivity contribution is 6.03. The average molecular weight is 390 g/mol. The third kappa shape index (κ3) is 4.71. The van der Waals surface area contributed by atoms with E-state index >= 15 is 0 Å². The van der Waals surface area contributed by atoms with Gasteiger partial charge < -0.3 is 15.5 Å². The largest absolute Gasteiger partial charge is 0.380 e. The van der Waals surface area contributed by atoms with Crippen LogP contribution in [0.1, 0.15) is 28.9 Å². The lowest BCUT2D eigenvalue weighted by Gasteiger charge is -2.17. The van der Waals surface area contributed by atoms with Gasteiger partial charge in [-0.25, -0.2) is 9.37 Å². The summed E-state index contributed by atoms with van der Waals surface area (Å²) in [6.07, 6.45) is 4.04. The number of benzene rings is 2. The molecule has 1 amide bonds. The van der Waals surface area contributed by atoms with Crippen molar-refractivity contribution in [3.8, 4) is 0 Å². The van der Waals surface area contributed by atoms with Crippen molar-refractivity contribution in [2.75, 3.05) is 28.6 Å². The van der Waals surface area contributed by atoms with E-state index in [2.05, 4.69) is 20.5 Å². The van der Waals surface area contributed by atoms with Crippen LogP contribution in [0.2, 0.25) is 0 Å². The molecule has 1 aromatic heterocycles. The lowest BCUT2D eigenvalue weighted by atomic mass is 10.2. The molecule has 2 aromatic carbocycles. The van der Waals surface area contributed by atoms with Crippen LogP contribution in [0.5, 0.6) is 0 Å². The van der Waals surface area contributed by atoms with Gasteiger partial charge in [0.05, 0.1) is 11.9 Å². The second-order valence-electron chi connectivity index (χ2n) is 7.07. The molecule has 2 N–H and O–H groups in total. The highest BCUT2D eigenvalue weighted by Gasteiger charge is 2.13. The van der Waals surface area contributed by atoms with Gasteiger partial charge in [0.25, 0.3) is 5.91 Å². The lowest BCUT2D eigenvalue weighted by molar-refractivity contribution is 0.102. The van der Waals surface area contributed by atoms with Gasteiger partial charge in [-0.05, 0) is 55.3 Å². The van der Waals surface area contributed by atoms with Crippen LogP contribution in [-0.2, 0) is 6.54 Å². The van der Waals surface area contributed by atoms with Gasteiger partial charge in [-0.2, -0.15) is 0 Å². The molecule has 5 nitrogen and oxygen atoms in total. The SMILES string of the molecule is O=C(Nc1ccc(N2CCCC2)cc1)c1ccc(NCc2ccccc2F)cn1. The van der Waals surface area contributed by atoms with Gasteiger partial charge >= 0.3 is 0 Å². The number of halogens is 1. The minimum absolute atomic E-state index is 0.250. The van der Waals surface area contributed by atoms with Crippen molar-refractivity contribution >= 4 is 23.0 Å². The Labute approximate surface area is 169 Å². The molecular formula is C23H23FN4O. The van der Waals surface area contributed by atoms with Gasteiger partial charge in [-0.15, -0.1) is 0 Å². The van der Waals surface area contributed by atoms with Crippen molar-refractivity contribution in [2.24, 2.45) is 0 Å². The molecule has 1 saturated heterocycles. The smallest absolute Gasteiger partial charge is 0.274 e. The Hall–Kier alpha value is -3.41. The van der Waals surface area contributed by atoms with E-state index in [1.165, 1.54) is 24.6 Å². The van der Waals surface area contributed by atoms with Gasteiger partial charge in [0.2, 0.25) is 0 Å². The molecule has 148 valence electrons. The fourth-order valence-corrected chi connectivity index (χ4v) is 3.40. The summed E-state index contributed by atoms with van der Waals surface area (Å²) in [5.74, 6) is -0.515. The Kier molecular flexibility index (Phi) is 5.70. The summed E-state index contributed by atoms with van der Waals surface area (Å²) >= 11 is 0. The van der Waals surface area contributed by atoms with Crippen LogP contribution in [0, 0.1) is 5.82 Å². The number of nitrogens with one attached hydrogen (secondary N) is 2. The highest BCUT2D eigenvalue weighted by Crippen LogP contribution is 2.22. The molecule has 0 spiro atoms. The van der Waals surface area contributed by atoms with Crippen molar-refractivity contribution in [2.45, 2.75) is 19.4 Å². The maximum absolute atomic E-state index is 13.7. The Morgan fingerprint density at radius 1 is 0.966 bits per heavy atom. The lowest BCUT2D eigenvalue weighted by Crippen LogP contribution is -2.17. The number of nitrogens with zero attached hydrogens (tertiary/aromatic N) is 2. The molecule has 0 saturated carbocycles. The van der Waals surface area contributed by atoms with E-state index in [-0.39, 0.29) is 11.7 Å². The molecule has 2 heterocycles. The summed E-state index contributed by atoms with van der Waals surface area (Å²) in [7, 11) is 0. The van der Waals surface area contributed by atoms with E-state index in [1.807, 2.05) is 24.3 Å². The second kappa shape index (κ2) is 8.73. The zero-order chi connectivity index (χ0) is 20.1. The van der Waals surface area contributed by atoms with Crippen molar-refractivity contribution in [1.82, 2.24) is 4.98 Å². The molecule has 1 aliphatic heterocycles.